The molecule has 1 aliphatic rings. The first-order chi connectivity index (χ1) is 12.3. The third-order valence-electron chi connectivity index (χ3n) is 4.18. The van der Waals surface area contributed by atoms with Crippen molar-refractivity contribution in [3.05, 3.63) is 59.7 Å². The van der Waals surface area contributed by atoms with Crippen LogP contribution in [0.4, 0.5) is 18.9 Å². The molecule has 2 aromatic rings. The van der Waals surface area contributed by atoms with Crippen LogP contribution in [0.5, 0.6) is 5.75 Å². The predicted octanol–water partition coefficient (Wildman–Crippen LogP) is 3.15. The fourth-order valence-electron chi connectivity index (χ4n) is 3.01. The number of aliphatic imine (C=N–C) groups is 1. The van der Waals surface area contributed by atoms with E-state index in [0.717, 1.165) is 23.6 Å². The van der Waals surface area contributed by atoms with Crippen molar-refractivity contribution in [3.8, 4) is 5.75 Å². The van der Waals surface area contributed by atoms with Crippen LogP contribution in [0.15, 0.2) is 53.5 Å². The third-order valence-corrected chi connectivity index (χ3v) is 4.18. The number of guanidine groups is 1. The Balaban J connectivity index is 1.67. The molecule has 138 valence electrons. The summed E-state index contributed by atoms with van der Waals surface area (Å²) in [6.07, 6.45) is -3.47. The van der Waals surface area contributed by atoms with Gasteiger partial charge in [0.2, 0.25) is 0 Å². The SMILES string of the molecule is NC(=NCC1(O)CCc2ccccc21)Nc1cccc(OC(F)(F)F)c1. The summed E-state index contributed by atoms with van der Waals surface area (Å²) in [7, 11) is 0. The number of rotatable bonds is 4. The molecule has 0 heterocycles. The molecule has 26 heavy (non-hydrogen) atoms. The van der Waals surface area contributed by atoms with E-state index in [4.69, 9.17) is 5.73 Å². The lowest BCUT2D eigenvalue weighted by Gasteiger charge is -2.22. The number of nitrogens with two attached hydrogens (primary N) is 1. The second-order valence-electron chi connectivity index (χ2n) is 6.09. The van der Waals surface area contributed by atoms with E-state index < -0.39 is 12.0 Å². The van der Waals surface area contributed by atoms with Crippen molar-refractivity contribution in [3.63, 3.8) is 0 Å². The number of alkyl halides is 3. The number of halogens is 3. The highest BCUT2D eigenvalue weighted by Crippen LogP contribution is 2.36. The summed E-state index contributed by atoms with van der Waals surface area (Å²) in [6, 6.07) is 12.9. The number of fused-ring (bicyclic) bond motifs is 1. The van der Waals surface area contributed by atoms with Gasteiger partial charge in [0.05, 0.1) is 6.54 Å². The Morgan fingerprint density at radius 2 is 2.00 bits per heavy atom. The van der Waals surface area contributed by atoms with Crippen LogP contribution >= 0.6 is 0 Å². The molecule has 0 bridgehead atoms. The molecule has 1 aliphatic carbocycles. The van der Waals surface area contributed by atoms with Crippen LogP contribution in [0.25, 0.3) is 0 Å². The van der Waals surface area contributed by atoms with Crippen LogP contribution in [0.2, 0.25) is 0 Å². The molecule has 4 N–H and O–H groups in total. The fraction of sp³-hybridized carbons (Fsp3) is 0.278. The molecule has 0 spiro atoms. The average Bonchev–Trinajstić information content (AvgIpc) is 2.90. The van der Waals surface area contributed by atoms with Gasteiger partial charge in [0.1, 0.15) is 11.4 Å². The van der Waals surface area contributed by atoms with Crippen molar-refractivity contribution in [2.75, 3.05) is 11.9 Å². The van der Waals surface area contributed by atoms with Gasteiger partial charge < -0.3 is 20.9 Å². The average molecular weight is 365 g/mol. The minimum absolute atomic E-state index is 0.00744. The molecule has 0 amide bonds. The smallest absolute Gasteiger partial charge is 0.406 e. The van der Waals surface area contributed by atoms with Gasteiger partial charge in [-0.1, -0.05) is 30.3 Å². The largest absolute Gasteiger partial charge is 0.573 e. The van der Waals surface area contributed by atoms with Crippen molar-refractivity contribution >= 4 is 11.6 Å². The zero-order valence-electron chi connectivity index (χ0n) is 13.8. The zero-order chi connectivity index (χ0) is 18.8. The fourth-order valence-corrected chi connectivity index (χ4v) is 3.01. The van der Waals surface area contributed by atoms with Crippen molar-refractivity contribution in [1.82, 2.24) is 0 Å². The lowest BCUT2D eigenvalue weighted by atomic mass is 9.96. The summed E-state index contributed by atoms with van der Waals surface area (Å²) in [5.74, 6) is -0.370. The Kier molecular flexibility index (Phi) is 4.78. The Morgan fingerprint density at radius 1 is 1.23 bits per heavy atom. The maximum absolute atomic E-state index is 12.3. The minimum atomic E-state index is -4.77. The highest BCUT2D eigenvalue weighted by atomic mass is 19.4. The number of nitrogens with one attached hydrogen (secondary N) is 1. The molecule has 0 fully saturated rings. The Labute approximate surface area is 148 Å². The lowest BCUT2D eigenvalue weighted by Crippen LogP contribution is -2.30. The quantitative estimate of drug-likeness (QED) is 0.574. The third kappa shape index (κ3) is 4.26. The number of hydrogen-bond donors (Lipinski definition) is 3. The van der Waals surface area contributed by atoms with Crippen LogP contribution in [0, 0.1) is 0 Å². The van der Waals surface area contributed by atoms with E-state index >= 15 is 0 Å². The van der Waals surface area contributed by atoms with Gasteiger partial charge in [-0.2, -0.15) is 0 Å². The van der Waals surface area contributed by atoms with Gasteiger partial charge >= 0.3 is 6.36 Å². The van der Waals surface area contributed by atoms with E-state index in [1.165, 1.54) is 18.2 Å². The molecule has 0 aromatic heterocycles. The molecular formula is C18H18F3N3O2. The number of nitrogens with zero attached hydrogens (tertiary/aromatic N) is 1. The van der Waals surface area contributed by atoms with E-state index in [1.54, 1.807) is 0 Å². The second-order valence-corrected chi connectivity index (χ2v) is 6.09. The number of ether oxygens (including phenoxy) is 1. The second kappa shape index (κ2) is 6.87. The number of hydrogen-bond acceptors (Lipinski definition) is 3. The van der Waals surface area contributed by atoms with E-state index in [2.05, 4.69) is 15.0 Å². The molecule has 3 rings (SSSR count). The highest BCUT2D eigenvalue weighted by molar-refractivity contribution is 5.92. The van der Waals surface area contributed by atoms with Crippen molar-refractivity contribution in [1.29, 1.82) is 0 Å². The standard InChI is InChI=1S/C18H18F3N3O2/c19-18(20,21)26-14-6-3-5-13(10-14)24-16(22)23-11-17(25)9-8-12-4-1-2-7-15(12)17/h1-7,10,25H,8-9,11H2,(H3,22,23,24). The molecule has 1 atom stereocenters. The van der Waals surface area contributed by atoms with Gasteiger partial charge in [-0.25, -0.2) is 4.99 Å². The molecule has 0 saturated carbocycles. The Morgan fingerprint density at radius 3 is 2.77 bits per heavy atom. The van der Waals surface area contributed by atoms with Gasteiger partial charge in [0.25, 0.3) is 0 Å². The first kappa shape index (κ1) is 18.1. The maximum atomic E-state index is 12.3. The van der Waals surface area contributed by atoms with Crippen LogP contribution < -0.4 is 15.8 Å². The normalized spacial score (nSPS) is 19.9. The molecule has 0 radical (unpaired) electrons. The minimum Gasteiger partial charge on any atom is -0.406 e. The molecule has 8 heteroatoms. The van der Waals surface area contributed by atoms with Crippen molar-refractivity contribution < 1.29 is 23.0 Å². The zero-order valence-corrected chi connectivity index (χ0v) is 13.8. The van der Waals surface area contributed by atoms with Gasteiger partial charge in [0.15, 0.2) is 5.96 Å². The topological polar surface area (TPSA) is 79.9 Å². The summed E-state index contributed by atoms with van der Waals surface area (Å²) in [4.78, 5) is 4.15. The summed E-state index contributed by atoms with van der Waals surface area (Å²) >= 11 is 0. The monoisotopic (exact) mass is 365 g/mol. The summed E-state index contributed by atoms with van der Waals surface area (Å²) in [6.45, 7) is 0.0571. The molecule has 1 unspecified atom stereocenters. The van der Waals surface area contributed by atoms with Crippen molar-refractivity contribution in [2.24, 2.45) is 10.7 Å². The predicted molar refractivity (Wildman–Crippen MR) is 91.9 cm³/mol. The van der Waals surface area contributed by atoms with Gasteiger partial charge in [-0.05, 0) is 36.1 Å². The summed E-state index contributed by atoms with van der Waals surface area (Å²) < 4.78 is 40.7. The number of anilines is 1. The van der Waals surface area contributed by atoms with Gasteiger partial charge in [-0.15, -0.1) is 13.2 Å². The van der Waals surface area contributed by atoms with Gasteiger partial charge in [-0.3, -0.25) is 0 Å². The van der Waals surface area contributed by atoms with Crippen LogP contribution in [0.3, 0.4) is 0 Å². The van der Waals surface area contributed by atoms with Crippen LogP contribution in [-0.2, 0) is 12.0 Å². The first-order valence-electron chi connectivity index (χ1n) is 7.99. The summed E-state index contributed by atoms with van der Waals surface area (Å²) in [5.41, 5.74) is 6.92. The maximum Gasteiger partial charge on any atom is 0.573 e. The van der Waals surface area contributed by atoms with E-state index in [-0.39, 0.29) is 18.3 Å². The highest BCUT2D eigenvalue weighted by Gasteiger charge is 2.36. The summed E-state index contributed by atoms with van der Waals surface area (Å²) in [5, 5.41) is 13.5. The first-order valence-corrected chi connectivity index (χ1v) is 7.99. The number of aliphatic hydroxyl groups is 1. The number of aryl methyl sites for hydroxylation is 1. The van der Waals surface area contributed by atoms with Crippen LogP contribution in [0.1, 0.15) is 17.5 Å². The van der Waals surface area contributed by atoms with E-state index in [1.807, 2.05) is 24.3 Å². The van der Waals surface area contributed by atoms with E-state index in [9.17, 15) is 18.3 Å². The van der Waals surface area contributed by atoms with E-state index in [0.29, 0.717) is 12.1 Å². The van der Waals surface area contributed by atoms with Gasteiger partial charge in [0, 0.05) is 11.8 Å². The lowest BCUT2D eigenvalue weighted by molar-refractivity contribution is -0.274. The molecular weight excluding hydrogens is 347 g/mol. The molecule has 2 aromatic carbocycles. The molecule has 0 aliphatic heterocycles. The Hall–Kier alpha value is -2.74. The molecule has 0 saturated heterocycles. The number of benzene rings is 2. The molecule has 5 nitrogen and oxygen atoms in total. The van der Waals surface area contributed by atoms with Crippen LogP contribution in [-0.4, -0.2) is 24.0 Å². The Bertz CT molecular complexity index is 823. The van der Waals surface area contributed by atoms with Crippen molar-refractivity contribution in [2.45, 2.75) is 24.8 Å².